The second kappa shape index (κ2) is 7.96. The highest BCUT2D eigenvalue weighted by atomic mass is 28.4. The van der Waals surface area contributed by atoms with Gasteiger partial charge in [0.05, 0.1) is 0 Å². The molecule has 0 aliphatic heterocycles. The van der Waals surface area contributed by atoms with E-state index in [0.717, 1.165) is 19.3 Å². The average molecular weight is 308 g/mol. The Morgan fingerprint density at radius 2 is 1.22 bits per heavy atom. The van der Waals surface area contributed by atoms with Crippen molar-refractivity contribution in [2.45, 2.75) is 59.2 Å². The lowest BCUT2D eigenvalue weighted by molar-refractivity contribution is 0.212. The molecule has 0 fully saturated rings. The molecule has 110 valence electrons. The molecule has 0 aliphatic carbocycles. The Bertz CT molecular complexity index is 206. The predicted octanol–water partition coefficient (Wildman–Crippen LogP) is 3.25. The van der Waals surface area contributed by atoms with Gasteiger partial charge in [-0.2, -0.15) is 0 Å². The molecule has 0 amide bonds. The maximum absolute atomic E-state index is 5.78. The summed E-state index contributed by atoms with van der Waals surface area (Å²) in [5.41, 5.74) is 0. The molecule has 0 rings (SSSR count). The van der Waals surface area contributed by atoms with Crippen molar-refractivity contribution in [1.82, 2.24) is 4.23 Å². The van der Waals surface area contributed by atoms with Crippen molar-refractivity contribution in [3.63, 3.8) is 0 Å². The number of hydrogen-bond donors (Lipinski definition) is 0. The molecule has 0 aromatic carbocycles. The van der Waals surface area contributed by atoms with Crippen LogP contribution in [-0.2, 0) is 8.85 Å². The Morgan fingerprint density at radius 1 is 0.833 bits per heavy atom. The van der Waals surface area contributed by atoms with Crippen LogP contribution in [0, 0.1) is 0 Å². The summed E-state index contributed by atoms with van der Waals surface area (Å²) < 4.78 is 14.4. The zero-order valence-corrected chi connectivity index (χ0v) is 16.8. The third-order valence-corrected chi connectivity index (χ3v) is 12.8. The Hall–Kier alpha value is 0.531. The lowest BCUT2D eigenvalue weighted by Crippen LogP contribution is -2.59. The van der Waals surface area contributed by atoms with Crippen LogP contribution in [0.2, 0.25) is 45.3 Å². The molecule has 0 unspecified atom stereocenters. The highest BCUT2D eigenvalue weighted by Crippen LogP contribution is 2.20. The fraction of sp³-hybridized carbons (Fsp3) is 1.00. The third-order valence-electron chi connectivity index (χ3n) is 2.91. The number of nitrogens with zero attached hydrogens (tertiary/aromatic N) is 1. The molecule has 0 spiro atoms. The minimum Gasteiger partial charge on any atom is -0.397 e. The van der Waals surface area contributed by atoms with Gasteiger partial charge in [0.15, 0.2) is 0 Å². The Balaban J connectivity index is 4.51. The molecular weight excluding hydrogens is 274 g/mol. The van der Waals surface area contributed by atoms with Crippen molar-refractivity contribution in [3.05, 3.63) is 0 Å². The maximum Gasteiger partial charge on any atom is 0.322 e. The number of hydrogen-bond acceptors (Lipinski definition) is 3. The monoisotopic (exact) mass is 307 g/mol. The van der Waals surface area contributed by atoms with Gasteiger partial charge in [-0.1, -0.05) is 39.3 Å². The SMILES string of the molecule is CCO[SiH](CCN([Si](C)(C)C)[Si](C)(C)C)OCC. The molecule has 0 aromatic rings. The van der Waals surface area contributed by atoms with E-state index in [1.54, 1.807) is 0 Å². The van der Waals surface area contributed by atoms with Crippen LogP contribution in [0.4, 0.5) is 0 Å². The molecule has 0 atom stereocenters. The molecule has 0 heterocycles. The molecule has 0 N–H and O–H groups in total. The zero-order chi connectivity index (χ0) is 14.4. The van der Waals surface area contributed by atoms with Gasteiger partial charge >= 0.3 is 9.28 Å². The summed E-state index contributed by atoms with van der Waals surface area (Å²) in [4.78, 5) is 0. The van der Waals surface area contributed by atoms with Crippen molar-refractivity contribution < 1.29 is 8.85 Å². The standard InChI is InChI=1S/C12H33NO2Si3/c1-9-14-16(15-10-2)12-11-13(17(3,4)5)18(6,7)8/h16H,9-12H2,1-8H3. The fourth-order valence-electron chi connectivity index (χ4n) is 2.50. The van der Waals surface area contributed by atoms with Gasteiger partial charge in [0.1, 0.15) is 16.5 Å². The van der Waals surface area contributed by atoms with E-state index in [1.165, 1.54) is 6.54 Å². The summed E-state index contributed by atoms with van der Waals surface area (Å²) in [7, 11) is -3.89. The average Bonchev–Trinajstić information content (AvgIpc) is 2.14. The molecule has 0 radical (unpaired) electrons. The van der Waals surface area contributed by atoms with Crippen molar-refractivity contribution in [3.8, 4) is 0 Å². The second-order valence-corrected chi connectivity index (χ2v) is 18.9. The molecule has 18 heavy (non-hydrogen) atoms. The maximum atomic E-state index is 5.78. The van der Waals surface area contributed by atoms with Crippen LogP contribution < -0.4 is 0 Å². The second-order valence-electron chi connectivity index (χ2n) is 6.62. The predicted molar refractivity (Wildman–Crippen MR) is 88.6 cm³/mol. The van der Waals surface area contributed by atoms with E-state index in [9.17, 15) is 0 Å². The topological polar surface area (TPSA) is 21.7 Å². The normalized spacial score (nSPS) is 13.7. The van der Waals surface area contributed by atoms with Gasteiger partial charge in [-0.05, 0) is 26.4 Å². The molecule has 0 saturated heterocycles. The van der Waals surface area contributed by atoms with Crippen LogP contribution in [0.15, 0.2) is 0 Å². The van der Waals surface area contributed by atoms with Crippen LogP contribution in [-0.4, -0.2) is 49.7 Å². The minimum atomic E-state index is -1.43. The van der Waals surface area contributed by atoms with Gasteiger partial charge in [0.25, 0.3) is 0 Å². The van der Waals surface area contributed by atoms with Crippen molar-refractivity contribution in [2.75, 3.05) is 19.8 Å². The molecule has 3 nitrogen and oxygen atoms in total. The molecule has 6 heteroatoms. The van der Waals surface area contributed by atoms with Gasteiger partial charge in [-0.25, -0.2) is 0 Å². The van der Waals surface area contributed by atoms with E-state index >= 15 is 0 Å². The van der Waals surface area contributed by atoms with E-state index in [4.69, 9.17) is 8.85 Å². The van der Waals surface area contributed by atoms with Crippen molar-refractivity contribution in [2.24, 2.45) is 0 Å². The highest BCUT2D eigenvalue weighted by Gasteiger charge is 2.34. The lowest BCUT2D eigenvalue weighted by atomic mass is 10.8. The first kappa shape index (κ1) is 18.5. The Labute approximate surface area is 118 Å². The first-order valence-electron chi connectivity index (χ1n) is 7.13. The highest BCUT2D eigenvalue weighted by molar-refractivity contribution is 6.89. The largest absolute Gasteiger partial charge is 0.397 e. The van der Waals surface area contributed by atoms with Gasteiger partial charge in [0.2, 0.25) is 0 Å². The number of rotatable bonds is 9. The summed E-state index contributed by atoms with van der Waals surface area (Å²) in [5.74, 6) is 0. The van der Waals surface area contributed by atoms with Crippen LogP contribution in [0.5, 0.6) is 0 Å². The Kier molecular flexibility index (Phi) is 8.20. The first-order chi connectivity index (χ1) is 8.12. The van der Waals surface area contributed by atoms with Gasteiger partial charge in [-0.15, -0.1) is 0 Å². The minimum absolute atomic E-state index is 0.788. The Morgan fingerprint density at radius 3 is 1.50 bits per heavy atom. The molecule has 0 bridgehead atoms. The molecule has 0 aliphatic rings. The summed E-state index contributed by atoms with van der Waals surface area (Å²) in [6, 6.07) is 1.12. The van der Waals surface area contributed by atoms with Gasteiger partial charge in [-0.3, -0.25) is 0 Å². The van der Waals surface area contributed by atoms with Crippen molar-refractivity contribution >= 4 is 25.8 Å². The molecular formula is C12H33NO2Si3. The van der Waals surface area contributed by atoms with Crippen LogP contribution in [0.3, 0.4) is 0 Å². The first-order valence-corrected chi connectivity index (χ1v) is 15.8. The van der Waals surface area contributed by atoms with E-state index in [-0.39, 0.29) is 0 Å². The molecule has 0 saturated carbocycles. The zero-order valence-electron chi connectivity index (χ0n) is 13.7. The van der Waals surface area contributed by atoms with Crippen molar-refractivity contribution in [1.29, 1.82) is 0 Å². The smallest absolute Gasteiger partial charge is 0.322 e. The van der Waals surface area contributed by atoms with E-state index < -0.39 is 25.8 Å². The van der Waals surface area contributed by atoms with Crippen LogP contribution in [0.25, 0.3) is 0 Å². The van der Waals surface area contributed by atoms with E-state index in [2.05, 4.69) is 57.4 Å². The summed E-state index contributed by atoms with van der Waals surface area (Å²) in [6.07, 6.45) is 0. The fourth-order valence-corrected chi connectivity index (χ4v) is 14.3. The van der Waals surface area contributed by atoms with Crippen LogP contribution in [0.1, 0.15) is 13.8 Å². The summed E-state index contributed by atoms with van der Waals surface area (Å²) in [6.45, 7) is 21.6. The van der Waals surface area contributed by atoms with Crippen LogP contribution >= 0.6 is 0 Å². The van der Waals surface area contributed by atoms with E-state index in [0.29, 0.717) is 0 Å². The summed E-state index contributed by atoms with van der Waals surface area (Å²) >= 11 is 0. The summed E-state index contributed by atoms with van der Waals surface area (Å²) in [5, 5.41) is 0. The van der Waals surface area contributed by atoms with E-state index in [1.807, 2.05) is 0 Å². The quantitative estimate of drug-likeness (QED) is 0.610. The van der Waals surface area contributed by atoms with Gasteiger partial charge < -0.3 is 13.1 Å². The molecule has 0 aromatic heterocycles. The third kappa shape index (κ3) is 7.20. The van der Waals surface area contributed by atoms with Gasteiger partial charge in [0, 0.05) is 13.2 Å². The lowest BCUT2D eigenvalue weighted by Gasteiger charge is -2.44.